The SMILES string of the molecule is CC1(C)Cc2oc(-c3ccccc3)nc2[C@H](Op2oc3c(C(C)(C)C)cc(C(C)(C)C)cc3c3cc(C(C)(C)C)cc(C(C)(C)C)c3o2)C1. The fraction of sp³-hybridized carbons (Fsp3) is 0.512. The van der Waals surface area contributed by atoms with Gasteiger partial charge in [-0.1, -0.05) is 127 Å². The van der Waals surface area contributed by atoms with Crippen LogP contribution in [0.4, 0.5) is 0 Å². The van der Waals surface area contributed by atoms with E-state index in [4.69, 9.17) is 22.3 Å². The molecule has 0 radical (unpaired) electrons. The molecule has 49 heavy (non-hydrogen) atoms. The second-order valence-corrected chi connectivity index (χ2v) is 20.1. The van der Waals surface area contributed by atoms with Crippen molar-refractivity contribution in [2.24, 2.45) is 5.41 Å². The molecule has 3 aromatic carbocycles. The van der Waals surface area contributed by atoms with Crippen molar-refractivity contribution in [2.45, 2.75) is 138 Å². The quantitative estimate of drug-likeness (QED) is 0.190. The van der Waals surface area contributed by atoms with Gasteiger partial charge in [0.25, 0.3) is 0 Å². The first-order chi connectivity index (χ1) is 22.5. The molecular weight excluding hydrogens is 625 g/mol. The summed E-state index contributed by atoms with van der Waals surface area (Å²) in [5.41, 5.74) is 7.76. The molecule has 0 saturated carbocycles. The topological polar surface area (TPSA) is 61.5 Å². The van der Waals surface area contributed by atoms with E-state index >= 15 is 0 Å². The Morgan fingerprint density at radius 2 is 1.18 bits per heavy atom. The normalized spacial score (nSPS) is 17.1. The van der Waals surface area contributed by atoms with E-state index in [0.29, 0.717) is 5.89 Å². The summed E-state index contributed by atoms with van der Waals surface area (Å²) in [5.74, 6) is 1.50. The van der Waals surface area contributed by atoms with Crippen LogP contribution in [0.5, 0.6) is 0 Å². The third-order valence-corrected chi connectivity index (χ3v) is 10.9. The minimum absolute atomic E-state index is 0.0570. The molecular formula is C43H56NO4P. The van der Waals surface area contributed by atoms with Crippen LogP contribution >= 0.6 is 8.24 Å². The van der Waals surface area contributed by atoms with E-state index in [-0.39, 0.29) is 33.2 Å². The first-order valence-electron chi connectivity index (χ1n) is 17.8. The predicted octanol–water partition coefficient (Wildman–Crippen LogP) is 13.3. The highest BCUT2D eigenvalue weighted by Crippen LogP contribution is 2.49. The Morgan fingerprint density at radius 1 is 0.694 bits per heavy atom. The second-order valence-electron chi connectivity index (χ2n) is 19.0. The van der Waals surface area contributed by atoms with Crippen LogP contribution in [0.2, 0.25) is 0 Å². The van der Waals surface area contributed by atoms with E-state index in [9.17, 15) is 0 Å². The van der Waals surface area contributed by atoms with Crippen LogP contribution in [-0.4, -0.2) is 4.98 Å². The van der Waals surface area contributed by atoms with Crippen LogP contribution in [0, 0.1) is 5.41 Å². The number of rotatable bonds is 3. The highest BCUT2D eigenvalue weighted by molar-refractivity contribution is 7.31. The molecule has 0 fully saturated rings. The lowest BCUT2D eigenvalue weighted by molar-refractivity contribution is 0.144. The lowest BCUT2D eigenvalue weighted by Crippen LogP contribution is -2.27. The van der Waals surface area contributed by atoms with E-state index < -0.39 is 8.24 Å². The zero-order chi connectivity index (χ0) is 35.9. The van der Waals surface area contributed by atoms with Crippen molar-refractivity contribution in [3.05, 3.63) is 88.3 Å². The Hall–Kier alpha value is -3.27. The van der Waals surface area contributed by atoms with Gasteiger partial charge in [-0.05, 0) is 68.9 Å². The van der Waals surface area contributed by atoms with E-state index in [1.807, 2.05) is 30.3 Å². The van der Waals surface area contributed by atoms with Crippen molar-refractivity contribution < 1.29 is 17.3 Å². The molecule has 2 aromatic heterocycles. The number of oxazole rings is 1. The first kappa shape index (κ1) is 35.6. The average Bonchev–Trinajstić information content (AvgIpc) is 3.31. The summed E-state index contributed by atoms with van der Waals surface area (Å²) in [6, 6.07) is 19.4. The average molecular weight is 682 g/mol. The Kier molecular flexibility index (Phi) is 8.64. The van der Waals surface area contributed by atoms with E-state index in [2.05, 4.69) is 121 Å². The Bertz CT molecular complexity index is 1960. The molecule has 0 unspecified atom stereocenters. The lowest BCUT2D eigenvalue weighted by atomic mass is 9.77. The largest absolute Gasteiger partial charge is 0.441 e. The van der Waals surface area contributed by atoms with Crippen molar-refractivity contribution in [3.63, 3.8) is 0 Å². The molecule has 0 aliphatic heterocycles. The van der Waals surface area contributed by atoms with Gasteiger partial charge in [0.05, 0.1) is 0 Å². The van der Waals surface area contributed by atoms with Crippen LogP contribution < -0.4 is 4.52 Å². The van der Waals surface area contributed by atoms with Crippen LogP contribution in [0.25, 0.3) is 33.4 Å². The summed E-state index contributed by atoms with van der Waals surface area (Å²) in [5, 5.41) is 2.13. The van der Waals surface area contributed by atoms with Crippen LogP contribution in [-0.2, 0) is 28.1 Å². The highest BCUT2D eigenvalue weighted by atomic mass is 31.1. The van der Waals surface area contributed by atoms with Crippen molar-refractivity contribution in [2.75, 3.05) is 0 Å². The van der Waals surface area contributed by atoms with E-state index in [1.54, 1.807) is 0 Å². The monoisotopic (exact) mass is 681 g/mol. The van der Waals surface area contributed by atoms with Gasteiger partial charge in [0.15, 0.2) is 0 Å². The van der Waals surface area contributed by atoms with Crippen molar-refractivity contribution in [3.8, 4) is 11.5 Å². The van der Waals surface area contributed by atoms with Crippen LogP contribution in [0.3, 0.4) is 0 Å². The standard InChI is InChI=1S/C43H56NO4P/c1-39(2,3)27-20-29-30-21-28(40(4,5)6)23-32(42(10,11)12)37(30)48-49(47-36(29)31(22-27)41(7,8)9)46-34-25-43(13,14)24-33-35(34)44-38(45-33)26-18-16-15-17-19-26/h15-23,34H,24-25H2,1-14H3/t34-/m1/s1. The molecule has 2 heterocycles. The van der Waals surface area contributed by atoms with Gasteiger partial charge in [0.1, 0.15) is 28.7 Å². The van der Waals surface area contributed by atoms with Crippen LogP contribution in [0.15, 0.2) is 67.4 Å². The molecule has 5 nitrogen and oxygen atoms in total. The van der Waals surface area contributed by atoms with Crippen molar-refractivity contribution in [1.82, 2.24) is 4.98 Å². The molecule has 0 amide bonds. The van der Waals surface area contributed by atoms with Crippen molar-refractivity contribution >= 4 is 30.2 Å². The van der Waals surface area contributed by atoms with Gasteiger partial charge in [-0.25, -0.2) is 4.98 Å². The smallest absolute Gasteiger partial charge is 0.388 e. The summed E-state index contributed by atoms with van der Waals surface area (Å²) >= 11 is 0. The lowest BCUT2D eigenvalue weighted by Gasteiger charge is -2.32. The molecule has 1 aliphatic rings. The number of nitrogens with zero attached hydrogens (tertiary/aromatic N) is 1. The zero-order valence-electron chi connectivity index (χ0n) is 32.2. The van der Waals surface area contributed by atoms with Gasteiger partial charge in [0, 0.05) is 33.9 Å². The number of hydrogen-bond acceptors (Lipinski definition) is 5. The maximum Gasteiger partial charge on any atom is 0.388 e. The molecule has 6 heteroatoms. The van der Waals surface area contributed by atoms with Gasteiger partial charge in [-0.3, -0.25) is 4.52 Å². The minimum atomic E-state index is -1.89. The summed E-state index contributed by atoms with van der Waals surface area (Å²) in [7, 11) is -1.89. The summed E-state index contributed by atoms with van der Waals surface area (Å²) in [4.78, 5) is 5.04. The van der Waals surface area contributed by atoms with E-state index in [0.717, 1.165) is 62.9 Å². The maximum absolute atomic E-state index is 7.10. The third kappa shape index (κ3) is 7.17. The van der Waals surface area contributed by atoms with Crippen LogP contribution in [0.1, 0.15) is 143 Å². The van der Waals surface area contributed by atoms with Gasteiger partial charge >= 0.3 is 8.24 Å². The predicted molar refractivity (Wildman–Crippen MR) is 204 cm³/mol. The summed E-state index contributed by atoms with van der Waals surface area (Å²) < 4.78 is 27.7. The fourth-order valence-corrected chi connectivity index (χ4v) is 7.98. The first-order valence-corrected chi connectivity index (χ1v) is 18.9. The Balaban J connectivity index is 1.69. The number of fused-ring (bicyclic) bond motifs is 4. The zero-order valence-corrected chi connectivity index (χ0v) is 33.1. The maximum atomic E-state index is 7.10. The fourth-order valence-electron chi connectivity index (χ4n) is 6.79. The van der Waals surface area contributed by atoms with Crippen molar-refractivity contribution in [1.29, 1.82) is 0 Å². The third-order valence-electron chi connectivity index (χ3n) is 9.79. The Morgan fingerprint density at radius 3 is 1.63 bits per heavy atom. The number of hydrogen-bond donors (Lipinski definition) is 0. The van der Waals surface area contributed by atoms with Gasteiger partial charge < -0.3 is 12.8 Å². The summed E-state index contributed by atoms with van der Waals surface area (Å²) in [6.45, 7) is 31.8. The number of aromatic nitrogens is 1. The molecule has 0 N–H and O–H groups in total. The molecule has 0 bridgehead atoms. The molecule has 1 aliphatic carbocycles. The highest BCUT2D eigenvalue weighted by Gasteiger charge is 2.39. The summed E-state index contributed by atoms with van der Waals surface area (Å²) in [6.07, 6.45) is 1.21. The van der Waals surface area contributed by atoms with E-state index in [1.165, 1.54) is 11.1 Å². The van der Waals surface area contributed by atoms with Gasteiger partial charge in [-0.15, -0.1) is 0 Å². The second kappa shape index (κ2) is 11.9. The minimum Gasteiger partial charge on any atom is -0.441 e. The molecule has 0 spiro atoms. The van der Waals surface area contributed by atoms with Gasteiger partial charge in [-0.2, -0.15) is 0 Å². The molecule has 262 valence electrons. The molecule has 6 rings (SSSR count). The number of benzene rings is 3. The Labute approximate surface area is 294 Å². The molecule has 5 aromatic rings. The molecule has 0 saturated heterocycles. The van der Waals surface area contributed by atoms with Gasteiger partial charge in [0.2, 0.25) is 5.89 Å². The molecule has 1 atom stereocenters.